The summed E-state index contributed by atoms with van der Waals surface area (Å²) in [5.74, 6) is -0.232. The van der Waals surface area contributed by atoms with Gasteiger partial charge in [0, 0.05) is 35.3 Å². The highest BCUT2D eigenvalue weighted by Gasteiger charge is 2.25. The van der Waals surface area contributed by atoms with Crippen molar-refractivity contribution in [2.75, 3.05) is 13.1 Å². The molecular weight excluding hydrogens is 395 g/mol. The molecule has 1 fully saturated rings. The highest BCUT2D eigenvalue weighted by atomic mass is 35.5. The Hall–Kier alpha value is -1.75. The number of carbonyl (C=O) groups is 2. The topological polar surface area (TPSA) is 49.4 Å². The molecule has 0 bridgehead atoms. The minimum absolute atomic E-state index is 0.0142. The van der Waals surface area contributed by atoms with Gasteiger partial charge in [0.25, 0.3) is 11.8 Å². The van der Waals surface area contributed by atoms with E-state index in [1.165, 1.54) is 0 Å². The summed E-state index contributed by atoms with van der Waals surface area (Å²) in [4.78, 5) is 26.7. The third kappa shape index (κ3) is 4.50. The van der Waals surface area contributed by atoms with Crippen LogP contribution in [0.2, 0.25) is 15.1 Å². The average molecular weight is 412 g/mol. The molecule has 1 saturated heterocycles. The number of nitrogens with one attached hydrogen (secondary N) is 1. The minimum atomic E-state index is -0.191. The average Bonchev–Trinajstić information content (AvgIpc) is 2.64. The number of likely N-dealkylation sites (tertiary alicyclic amines) is 1. The maximum absolute atomic E-state index is 12.5. The largest absolute Gasteiger partial charge is 0.349 e. The van der Waals surface area contributed by atoms with Crippen molar-refractivity contribution in [2.24, 2.45) is 0 Å². The van der Waals surface area contributed by atoms with Crippen molar-refractivity contribution in [3.63, 3.8) is 0 Å². The normalized spacial score (nSPS) is 15.0. The van der Waals surface area contributed by atoms with Gasteiger partial charge in [-0.3, -0.25) is 9.59 Å². The van der Waals surface area contributed by atoms with E-state index in [1.807, 2.05) is 0 Å². The zero-order valence-electron chi connectivity index (χ0n) is 13.8. The van der Waals surface area contributed by atoms with Gasteiger partial charge in [0.2, 0.25) is 0 Å². The molecule has 2 aromatic carbocycles. The van der Waals surface area contributed by atoms with Crippen LogP contribution in [0.3, 0.4) is 0 Å². The van der Waals surface area contributed by atoms with E-state index < -0.39 is 0 Å². The van der Waals surface area contributed by atoms with Gasteiger partial charge in [-0.1, -0.05) is 40.9 Å². The van der Waals surface area contributed by atoms with E-state index in [4.69, 9.17) is 34.8 Å². The Kier molecular flexibility index (Phi) is 6.07. The molecule has 26 heavy (non-hydrogen) atoms. The molecule has 1 aliphatic rings. The smallest absolute Gasteiger partial charge is 0.253 e. The monoisotopic (exact) mass is 410 g/mol. The fourth-order valence-electron chi connectivity index (χ4n) is 2.94. The van der Waals surface area contributed by atoms with Gasteiger partial charge >= 0.3 is 0 Å². The molecule has 4 nitrogen and oxygen atoms in total. The van der Waals surface area contributed by atoms with E-state index >= 15 is 0 Å². The summed E-state index contributed by atoms with van der Waals surface area (Å²) < 4.78 is 0. The van der Waals surface area contributed by atoms with Crippen molar-refractivity contribution in [1.82, 2.24) is 10.2 Å². The van der Waals surface area contributed by atoms with E-state index in [9.17, 15) is 9.59 Å². The summed E-state index contributed by atoms with van der Waals surface area (Å²) in [6.45, 7) is 1.16. The third-order valence-electron chi connectivity index (χ3n) is 4.37. The summed E-state index contributed by atoms with van der Waals surface area (Å²) in [6, 6.07) is 11.7. The molecule has 0 spiro atoms. The zero-order valence-corrected chi connectivity index (χ0v) is 16.1. The van der Waals surface area contributed by atoms with Gasteiger partial charge in [-0.2, -0.15) is 0 Å². The Morgan fingerprint density at radius 2 is 1.65 bits per heavy atom. The number of halogens is 3. The molecule has 0 unspecified atom stereocenters. The molecule has 0 aromatic heterocycles. The highest BCUT2D eigenvalue weighted by Crippen LogP contribution is 2.23. The molecule has 0 aliphatic carbocycles. The standard InChI is InChI=1S/C19H17Cl3N2O2/c20-14-3-1-2-13(10-14)19(26)24-8-6-15(7-9-24)23-18(25)12-4-5-16(21)17(22)11-12/h1-5,10-11,15H,6-9H2,(H,23,25). The van der Waals surface area contributed by atoms with Crippen LogP contribution in [0.5, 0.6) is 0 Å². The Bertz CT molecular complexity index is 833. The maximum atomic E-state index is 12.5. The summed E-state index contributed by atoms with van der Waals surface area (Å²) in [5, 5.41) is 4.29. The van der Waals surface area contributed by atoms with Crippen LogP contribution >= 0.6 is 34.8 Å². The molecule has 0 atom stereocenters. The van der Waals surface area contributed by atoms with E-state index in [1.54, 1.807) is 47.4 Å². The molecule has 2 aromatic rings. The van der Waals surface area contributed by atoms with Crippen LogP contribution in [0.4, 0.5) is 0 Å². The van der Waals surface area contributed by atoms with Crippen LogP contribution < -0.4 is 5.32 Å². The van der Waals surface area contributed by atoms with Crippen molar-refractivity contribution in [3.8, 4) is 0 Å². The van der Waals surface area contributed by atoms with Gasteiger partial charge in [0.1, 0.15) is 0 Å². The summed E-state index contributed by atoms with van der Waals surface area (Å²) in [6.07, 6.45) is 1.39. The van der Waals surface area contributed by atoms with Crippen LogP contribution in [-0.2, 0) is 0 Å². The van der Waals surface area contributed by atoms with Gasteiger partial charge in [0.05, 0.1) is 10.0 Å². The van der Waals surface area contributed by atoms with E-state index in [-0.39, 0.29) is 17.9 Å². The number of nitrogens with zero attached hydrogens (tertiary/aromatic N) is 1. The fourth-order valence-corrected chi connectivity index (χ4v) is 3.43. The van der Waals surface area contributed by atoms with Crippen molar-refractivity contribution in [3.05, 3.63) is 68.7 Å². The Balaban J connectivity index is 1.55. The van der Waals surface area contributed by atoms with E-state index in [0.717, 1.165) is 0 Å². The number of rotatable bonds is 3. The predicted molar refractivity (Wildman–Crippen MR) is 104 cm³/mol. The highest BCUT2D eigenvalue weighted by molar-refractivity contribution is 6.42. The predicted octanol–water partition coefficient (Wildman–Crippen LogP) is 4.68. The van der Waals surface area contributed by atoms with Gasteiger partial charge in [-0.25, -0.2) is 0 Å². The van der Waals surface area contributed by atoms with Crippen LogP contribution in [0.15, 0.2) is 42.5 Å². The number of piperidine rings is 1. The molecule has 1 aliphatic heterocycles. The van der Waals surface area contributed by atoms with Gasteiger partial charge in [-0.05, 0) is 49.2 Å². The summed E-state index contributed by atoms with van der Waals surface area (Å²) >= 11 is 17.8. The Morgan fingerprint density at radius 1 is 0.923 bits per heavy atom. The second-order valence-electron chi connectivity index (χ2n) is 6.18. The van der Waals surface area contributed by atoms with Crippen molar-refractivity contribution >= 4 is 46.6 Å². The molecule has 136 valence electrons. The molecular formula is C19H17Cl3N2O2. The van der Waals surface area contributed by atoms with E-state index in [0.29, 0.717) is 52.1 Å². The van der Waals surface area contributed by atoms with Crippen LogP contribution in [0.25, 0.3) is 0 Å². The molecule has 2 amide bonds. The van der Waals surface area contributed by atoms with Crippen LogP contribution in [0.1, 0.15) is 33.6 Å². The first kappa shape index (κ1) is 19.0. The van der Waals surface area contributed by atoms with Crippen molar-refractivity contribution in [2.45, 2.75) is 18.9 Å². The molecule has 1 heterocycles. The first-order valence-corrected chi connectivity index (χ1v) is 9.38. The van der Waals surface area contributed by atoms with Crippen molar-refractivity contribution in [1.29, 1.82) is 0 Å². The molecule has 3 rings (SSSR count). The van der Waals surface area contributed by atoms with E-state index in [2.05, 4.69) is 5.32 Å². The SMILES string of the molecule is O=C(NC1CCN(C(=O)c2cccc(Cl)c2)CC1)c1ccc(Cl)c(Cl)c1. The minimum Gasteiger partial charge on any atom is -0.349 e. The molecule has 0 saturated carbocycles. The van der Waals surface area contributed by atoms with Gasteiger partial charge < -0.3 is 10.2 Å². The van der Waals surface area contributed by atoms with Crippen LogP contribution in [-0.4, -0.2) is 35.8 Å². The number of hydrogen-bond acceptors (Lipinski definition) is 2. The fraction of sp³-hybridized carbons (Fsp3) is 0.263. The number of hydrogen-bond donors (Lipinski definition) is 1. The second kappa shape index (κ2) is 8.30. The Morgan fingerprint density at radius 3 is 2.31 bits per heavy atom. The zero-order chi connectivity index (χ0) is 18.7. The molecule has 0 radical (unpaired) electrons. The number of amides is 2. The lowest BCUT2D eigenvalue weighted by Gasteiger charge is -2.32. The lowest BCUT2D eigenvalue weighted by molar-refractivity contribution is 0.0698. The first-order chi connectivity index (χ1) is 12.4. The first-order valence-electron chi connectivity index (χ1n) is 8.25. The molecule has 7 heteroatoms. The van der Waals surface area contributed by atoms with Gasteiger partial charge in [0.15, 0.2) is 0 Å². The number of carbonyl (C=O) groups excluding carboxylic acids is 2. The van der Waals surface area contributed by atoms with Crippen molar-refractivity contribution < 1.29 is 9.59 Å². The Labute approximate surface area is 167 Å². The lowest BCUT2D eigenvalue weighted by Crippen LogP contribution is -2.46. The number of benzene rings is 2. The van der Waals surface area contributed by atoms with Crippen LogP contribution in [0, 0.1) is 0 Å². The molecule has 1 N–H and O–H groups in total. The quantitative estimate of drug-likeness (QED) is 0.797. The maximum Gasteiger partial charge on any atom is 0.253 e. The van der Waals surface area contributed by atoms with Gasteiger partial charge in [-0.15, -0.1) is 0 Å². The summed E-state index contributed by atoms with van der Waals surface area (Å²) in [7, 11) is 0. The summed E-state index contributed by atoms with van der Waals surface area (Å²) in [5.41, 5.74) is 1.05. The second-order valence-corrected chi connectivity index (χ2v) is 7.43. The lowest BCUT2D eigenvalue weighted by atomic mass is 10.0. The third-order valence-corrected chi connectivity index (χ3v) is 5.34.